The first kappa shape index (κ1) is 26.1. The topological polar surface area (TPSA) is 121 Å². The molecule has 0 spiro atoms. The Morgan fingerprint density at radius 3 is 1.67 bits per heavy atom. The van der Waals surface area contributed by atoms with Gasteiger partial charge in [0, 0.05) is 0 Å². The van der Waals surface area contributed by atoms with Crippen molar-refractivity contribution in [2.24, 2.45) is 5.16 Å². The van der Waals surface area contributed by atoms with Gasteiger partial charge in [-0.3, -0.25) is 0 Å². The van der Waals surface area contributed by atoms with Crippen LogP contribution in [-0.2, 0) is 19.0 Å². The Labute approximate surface area is 207 Å². The van der Waals surface area contributed by atoms with Crippen LogP contribution in [0.25, 0.3) is 0 Å². The number of carbonyl (C=O) groups is 3. The molecule has 0 fully saturated rings. The molecule has 9 heteroatoms. The molecule has 186 valence electrons. The molecule has 36 heavy (non-hydrogen) atoms. The van der Waals surface area contributed by atoms with E-state index in [9.17, 15) is 19.5 Å². The van der Waals surface area contributed by atoms with Crippen LogP contribution in [-0.4, -0.2) is 61.3 Å². The number of hydrogen-bond donors (Lipinski definition) is 1. The van der Waals surface area contributed by atoms with Gasteiger partial charge in [-0.15, -0.1) is 0 Å². The molecule has 0 radical (unpaired) electrons. The molecule has 0 bridgehead atoms. The number of carbonyl (C=O) groups excluding carboxylic acids is 3. The zero-order valence-electron chi connectivity index (χ0n) is 19.4. The third-order valence-corrected chi connectivity index (χ3v) is 4.92. The van der Waals surface area contributed by atoms with Crippen LogP contribution in [0, 0.1) is 0 Å². The zero-order chi connectivity index (χ0) is 25.8. The summed E-state index contributed by atoms with van der Waals surface area (Å²) in [6.07, 6.45) is -3.38. The first-order valence-corrected chi connectivity index (χ1v) is 11.0. The number of nitrogens with zero attached hydrogens (tertiary/aromatic N) is 1. The average Bonchev–Trinajstić information content (AvgIpc) is 2.93. The van der Waals surface area contributed by atoms with Gasteiger partial charge >= 0.3 is 17.9 Å². The first-order chi connectivity index (χ1) is 17.5. The monoisotopic (exact) mass is 491 g/mol. The Morgan fingerprint density at radius 2 is 1.19 bits per heavy atom. The molecule has 0 aliphatic heterocycles. The fourth-order valence-electron chi connectivity index (χ4n) is 3.11. The van der Waals surface area contributed by atoms with Gasteiger partial charge in [-0.1, -0.05) is 59.8 Å². The van der Waals surface area contributed by atoms with Crippen molar-refractivity contribution in [1.29, 1.82) is 0 Å². The summed E-state index contributed by atoms with van der Waals surface area (Å²) in [5.41, 5.74) is 0.703. The lowest BCUT2D eigenvalue weighted by atomic mass is 10.1. The number of aliphatic hydroxyl groups excluding tert-OH is 1. The summed E-state index contributed by atoms with van der Waals surface area (Å²) >= 11 is 0. The fraction of sp³-hybridized carbons (Fsp3) is 0.185. The van der Waals surface area contributed by atoms with Gasteiger partial charge < -0.3 is 24.2 Å². The number of oxime groups is 1. The minimum Gasteiger partial charge on any atom is -0.459 e. The van der Waals surface area contributed by atoms with Crippen LogP contribution < -0.4 is 0 Å². The van der Waals surface area contributed by atoms with Crippen molar-refractivity contribution in [2.75, 3.05) is 13.7 Å². The second-order valence-corrected chi connectivity index (χ2v) is 7.44. The van der Waals surface area contributed by atoms with Gasteiger partial charge in [-0.25, -0.2) is 14.4 Å². The Bertz CT molecular complexity index is 1150. The summed E-state index contributed by atoms with van der Waals surface area (Å²) in [5.74, 6) is -2.23. The second-order valence-electron chi connectivity index (χ2n) is 7.44. The summed E-state index contributed by atoms with van der Waals surface area (Å²) in [7, 11) is 1.27. The summed E-state index contributed by atoms with van der Waals surface area (Å²) in [6, 6.07) is 24.3. The highest BCUT2D eigenvalue weighted by atomic mass is 16.6. The molecular formula is C27H25NO8. The Kier molecular flexibility index (Phi) is 9.72. The molecule has 0 saturated carbocycles. The van der Waals surface area contributed by atoms with Crippen LogP contribution in [0.4, 0.5) is 0 Å². The van der Waals surface area contributed by atoms with Crippen molar-refractivity contribution in [3.63, 3.8) is 0 Å². The predicted molar refractivity (Wildman–Crippen MR) is 130 cm³/mol. The van der Waals surface area contributed by atoms with E-state index in [1.165, 1.54) is 31.4 Å². The van der Waals surface area contributed by atoms with Gasteiger partial charge in [0.2, 0.25) is 0 Å². The number of aliphatic hydroxyl groups is 1. The van der Waals surface area contributed by atoms with Gasteiger partial charge in [0.15, 0.2) is 12.2 Å². The van der Waals surface area contributed by atoms with E-state index in [1.807, 2.05) is 0 Å². The first-order valence-electron chi connectivity index (χ1n) is 11.0. The van der Waals surface area contributed by atoms with Gasteiger partial charge in [0.1, 0.15) is 19.8 Å². The quantitative estimate of drug-likeness (QED) is 0.188. The van der Waals surface area contributed by atoms with Gasteiger partial charge in [0.05, 0.1) is 22.9 Å². The van der Waals surface area contributed by atoms with Gasteiger partial charge in [0.25, 0.3) is 0 Å². The molecule has 9 nitrogen and oxygen atoms in total. The smallest absolute Gasteiger partial charge is 0.338 e. The van der Waals surface area contributed by atoms with Crippen molar-refractivity contribution < 1.29 is 38.5 Å². The number of esters is 3. The van der Waals surface area contributed by atoms with E-state index >= 15 is 0 Å². The zero-order valence-corrected chi connectivity index (χ0v) is 19.4. The highest BCUT2D eigenvalue weighted by Crippen LogP contribution is 2.16. The molecule has 0 saturated heterocycles. The SMILES string of the molecule is CON=C[C@H](OC(=O)c1ccccc1)[C@H](OC(=O)c1ccccc1)[C@H](O)COC(=O)c1ccccc1. The van der Waals surface area contributed by atoms with Crippen LogP contribution in [0.15, 0.2) is 96.2 Å². The van der Waals surface area contributed by atoms with E-state index in [1.54, 1.807) is 66.7 Å². The van der Waals surface area contributed by atoms with E-state index in [2.05, 4.69) is 5.16 Å². The Balaban J connectivity index is 1.83. The Hall–Kier alpha value is -4.50. The minimum atomic E-state index is -1.58. The lowest BCUT2D eigenvalue weighted by Gasteiger charge is -2.28. The maximum atomic E-state index is 12.8. The normalized spacial score (nSPS) is 13.3. The highest BCUT2D eigenvalue weighted by Gasteiger charge is 2.36. The lowest BCUT2D eigenvalue weighted by Crippen LogP contribution is -2.46. The molecule has 3 rings (SSSR count). The third kappa shape index (κ3) is 7.51. The largest absolute Gasteiger partial charge is 0.459 e. The highest BCUT2D eigenvalue weighted by molar-refractivity contribution is 5.92. The van der Waals surface area contributed by atoms with Crippen LogP contribution in [0.3, 0.4) is 0 Å². The van der Waals surface area contributed by atoms with Crippen LogP contribution in [0.1, 0.15) is 31.1 Å². The van der Waals surface area contributed by atoms with Crippen LogP contribution in [0.2, 0.25) is 0 Å². The molecule has 0 aliphatic rings. The van der Waals surface area contributed by atoms with E-state index in [-0.39, 0.29) is 16.7 Å². The summed E-state index contributed by atoms with van der Waals surface area (Å²) in [6.45, 7) is -0.555. The van der Waals surface area contributed by atoms with E-state index in [4.69, 9.17) is 19.0 Å². The van der Waals surface area contributed by atoms with Gasteiger partial charge in [-0.05, 0) is 36.4 Å². The number of rotatable bonds is 11. The standard InChI is InChI=1S/C27H25NO8/c1-33-28-17-23(35-26(31)20-13-7-3-8-14-20)24(36-27(32)21-15-9-4-10-16-21)22(29)18-34-25(30)19-11-5-2-6-12-19/h2-17,22-24,29H,18H2,1H3/t22-,23+,24-/m1/s1. The molecule has 0 aromatic heterocycles. The summed E-state index contributed by atoms with van der Waals surface area (Å²) in [4.78, 5) is 42.6. The number of hydrogen-bond acceptors (Lipinski definition) is 9. The second kappa shape index (κ2) is 13.4. The molecule has 3 aromatic rings. The van der Waals surface area contributed by atoms with Crippen LogP contribution in [0.5, 0.6) is 0 Å². The Morgan fingerprint density at radius 1 is 0.750 bits per heavy atom. The van der Waals surface area contributed by atoms with Crippen molar-refractivity contribution in [3.8, 4) is 0 Å². The van der Waals surface area contributed by atoms with Gasteiger partial charge in [-0.2, -0.15) is 0 Å². The maximum absolute atomic E-state index is 12.8. The molecule has 0 unspecified atom stereocenters. The molecule has 0 amide bonds. The van der Waals surface area contributed by atoms with E-state index in [0.29, 0.717) is 0 Å². The predicted octanol–water partition coefficient (Wildman–Crippen LogP) is 3.29. The van der Waals surface area contributed by atoms with Crippen molar-refractivity contribution in [3.05, 3.63) is 108 Å². The molecule has 0 heterocycles. The van der Waals surface area contributed by atoms with Crippen molar-refractivity contribution in [2.45, 2.75) is 18.3 Å². The molecule has 1 N–H and O–H groups in total. The third-order valence-electron chi connectivity index (χ3n) is 4.92. The van der Waals surface area contributed by atoms with Crippen molar-refractivity contribution >= 4 is 24.1 Å². The molecule has 3 aromatic carbocycles. The van der Waals surface area contributed by atoms with E-state index in [0.717, 1.165) is 6.21 Å². The minimum absolute atomic E-state index is 0.202. The summed E-state index contributed by atoms with van der Waals surface area (Å²) < 4.78 is 16.2. The summed E-state index contributed by atoms with van der Waals surface area (Å²) in [5, 5.41) is 14.5. The fourth-order valence-corrected chi connectivity index (χ4v) is 3.11. The molecular weight excluding hydrogens is 466 g/mol. The van der Waals surface area contributed by atoms with E-state index < -0.39 is 42.8 Å². The average molecular weight is 491 g/mol. The number of benzene rings is 3. The van der Waals surface area contributed by atoms with Crippen LogP contribution >= 0.6 is 0 Å². The lowest BCUT2D eigenvalue weighted by molar-refractivity contribution is -0.0784. The van der Waals surface area contributed by atoms with Crippen molar-refractivity contribution in [1.82, 2.24) is 0 Å². The molecule has 3 atom stereocenters. The molecule has 0 aliphatic carbocycles. The maximum Gasteiger partial charge on any atom is 0.338 e. The number of ether oxygens (including phenoxy) is 3.